The maximum Gasteiger partial charge on any atom is 0.0610 e. The van der Waals surface area contributed by atoms with Crippen molar-refractivity contribution in [1.29, 1.82) is 0 Å². The van der Waals surface area contributed by atoms with Crippen molar-refractivity contribution in [3.05, 3.63) is 0 Å². The van der Waals surface area contributed by atoms with Gasteiger partial charge in [-0.05, 0) is 45.4 Å². The fraction of sp³-hybridized carbons (Fsp3) is 1.00. The summed E-state index contributed by atoms with van der Waals surface area (Å²) >= 11 is 0. The Morgan fingerprint density at radius 1 is 1.08 bits per heavy atom. The van der Waals surface area contributed by atoms with Crippen LogP contribution in [0.15, 0.2) is 0 Å². The molecule has 0 aliphatic heterocycles. The van der Waals surface area contributed by atoms with Crippen LogP contribution in [0.2, 0.25) is 0 Å². The molecule has 0 bridgehead atoms. The zero-order valence-corrected chi connectivity index (χ0v) is 9.05. The van der Waals surface area contributed by atoms with Crippen molar-refractivity contribution in [3.63, 3.8) is 0 Å². The summed E-state index contributed by atoms with van der Waals surface area (Å²) in [6, 6.07) is 0. The van der Waals surface area contributed by atoms with E-state index in [1.165, 1.54) is 12.8 Å². The van der Waals surface area contributed by atoms with Gasteiger partial charge in [-0.25, -0.2) is 0 Å². The number of hydrogen-bond donors (Lipinski definition) is 0. The minimum Gasteiger partial charge on any atom is -0.372 e. The first-order valence-corrected chi connectivity index (χ1v) is 5.06. The second-order valence-electron chi connectivity index (χ2n) is 5.32. The molecule has 12 heavy (non-hydrogen) atoms. The third kappa shape index (κ3) is 2.78. The molecule has 0 N–H and O–H groups in total. The van der Waals surface area contributed by atoms with E-state index in [4.69, 9.17) is 4.74 Å². The van der Waals surface area contributed by atoms with Crippen molar-refractivity contribution in [2.24, 2.45) is 11.8 Å². The summed E-state index contributed by atoms with van der Waals surface area (Å²) in [5, 5.41) is 0. The first kappa shape index (κ1) is 10.0. The molecule has 3 unspecified atom stereocenters. The van der Waals surface area contributed by atoms with Crippen LogP contribution < -0.4 is 0 Å². The second-order valence-corrected chi connectivity index (χ2v) is 5.32. The first-order valence-electron chi connectivity index (χ1n) is 5.06. The molecule has 3 atom stereocenters. The zero-order chi connectivity index (χ0) is 9.35. The fourth-order valence-electron chi connectivity index (χ4n) is 2.13. The molecular weight excluding hydrogens is 148 g/mol. The summed E-state index contributed by atoms with van der Waals surface area (Å²) in [7, 11) is 0. The van der Waals surface area contributed by atoms with E-state index in [-0.39, 0.29) is 5.60 Å². The summed E-state index contributed by atoms with van der Waals surface area (Å²) in [4.78, 5) is 0. The topological polar surface area (TPSA) is 9.23 Å². The third-order valence-corrected chi connectivity index (χ3v) is 2.55. The van der Waals surface area contributed by atoms with E-state index in [9.17, 15) is 0 Å². The molecule has 1 rings (SSSR count). The highest BCUT2D eigenvalue weighted by atomic mass is 16.5. The molecule has 0 aromatic rings. The molecule has 1 saturated carbocycles. The van der Waals surface area contributed by atoms with Crippen molar-refractivity contribution < 1.29 is 4.74 Å². The van der Waals surface area contributed by atoms with Crippen LogP contribution in [-0.4, -0.2) is 11.7 Å². The Balaban J connectivity index is 2.43. The van der Waals surface area contributed by atoms with Gasteiger partial charge in [-0.3, -0.25) is 0 Å². The number of hydrogen-bond acceptors (Lipinski definition) is 1. The molecule has 72 valence electrons. The lowest BCUT2D eigenvalue weighted by molar-refractivity contribution is -0.0730. The standard InChI is InChI=1S/C11H22O/c1-8-6-9(2)10(7-8)12-11(3,4)5/h8-10H,6-7H2,1-5H3. The van der Waals surface area contributed by atoms with Gasteiger partial charge in [0.1, 0.15) is 0 Å². The third-order valence-electron chi connectivity index (χ3n) is 2.55. The van der Waals surface area contributed by atoms with Crippen LogP contribution in [0, 0.1) is 11.8 Å². The Labute approximate surface area is 76.5 Å². The molecule has 0 aromatic carbocycles. The summed E-state index contributed by atoms with van der Waals surface area (Å²) in [6.45, 7) is 11.1. The van der Waals surface area contributed by atoms with E-state index < -0.39 is 0 Å². The van der Waals surface area contributed by atoms with Gasteiger partial charge in [0.25, 0.3) is 0 Å². The Bertz CT molecular complexity index is 146. The monoisotopic (exact) mass is 170 g/mol. The molecule has 1 aliphatic rings. The molecular formula is C11H22O. The van der Waals surface area contributed by atoms with Crippen molar-refractivity contribution in [2.45, 2.75) is 59.2 Å². The molecule has 0 saturated heterocycles. The van der Waals surface area contributed by atoms with Gasteiger partial charge in [-0.15, -0.1) is 0 Å². The predicted octanol–water partition coefficient (Wildman–Crippen LogP) is 3.24. The maximum atomic E-state index is 5.98. The number of rotatable bonds is 1. The lowest BCUT2D eigenvalue weighted by Crippen LogP contribution is -2.28. The quantitative estimate of drug-likeness (QED) is 0.587. The van der Waals surface area contributed by atoms with Crippen LogP contribution >= 0.6 is 0 Å². The van der Waals surface area contributed by atoms with E-state index in [2.05, 4.69) is 34.6 Å². The highest BCUT2D eigenvalue weighted by molar-refractivity contribution is 4.81. The van der Waals surface area contributed by atoms with Crippen LogP contribution in [-0.2, 0) is 4.74 Å². The van der Waals surface area contributed by atoms with Crippen molar-refractivity contribution in [1.82, 2.24) is 0 Å². The minimum atomic E-state index is 0.0307. The zero-order valence-electron chi connectivity index (χ0n) is 9.05. The van der Waals surface area contributed by atoms with Gasteiger partial charge in [-0.2, -0.15) is 0 Å². The Morgan fingerprint density at radius 3 is 2.00 bits per heavy atom. The van der Waals surface area contributed by atoms with Gasteiger partial charge < -0.3 is 4.74 Å². The van der Waals surface area contributed by atoms with Gasteiger partial charge in [-0.1, -0.05) is 13.8 Å². The Hall–Kier alpha value is -0.0400. The second kappa shape index (κ2) is 3.37. The molecule has 1 fully saturated rings. The van der Waals surface area contributed by atoms with Gasteiger partial charge >= 0.3 is 0 Å². The summed E-state index contributed by atoms with van der Waals surface area (Å²) in [6.07, 6.45) is 3.08. The highest BCUT2D eigenvalue weighted by Gasteiger charge is 2.32. The van der Waals surface area contributed by atoms with Gasteiger partial charge in [0.2, 0.25) is 0 Å². The van der Waals surface area contributed by atoms with E-state index >= 15 is 0 Å². The normalized spacial score (nSPS) is 37.2. The van der Waals surface area contributed by atoms with E-state index in [0.29, 0.717) is 6.10 Å². The largest absolute Gasteiger partial charge is 0.372 e. The Morgan fingerprint density at radius 2 is 1.67 bits per heavy atom. The molecule has 0 heterocycles. The molecule has 0 amide bonds. The van der Waals surface area contributed by atoms with Gasteiger partial charge in [0.05, 0.1) is 11.7 Å². The van der Waals surface area contributed by atoms with Crippen molar-refractivity contribution in [3.8, 4) is 0 Å². The summed E-state index contributed by atoms with van der Waals surface area (Å²) in [5.41, 5.74) is 0.0307. The van der Waals surface area contributed by atoms with Crippen LogP contribution in [0.4, 0.5) is 0 Å². The molecule has 1 heteroatoms. The van der Waals surface area contributed by atoms with E-state index in [0.717, 1.165) is 11.8 Å². The molecule has 0 radical (unpaired) electrons. The molecule has 1 aliphatic carbocycles. The van der Waals surface area contributed by atoms with Crippen molar-refractivity contribution in [2.75, 3.05) is 0 Å². The Kier molecular flexibility index (Phi) is 2.82. The molecule has 1 nitrogen and oxygen atoms in total. The van der Waals surface area contributed by atoms with Crippen LogP contribution in [0.3, 0.4) is 0 Å². The lowest BCUT2D eigenvalue weighted by Gasteiger charge is -2.27. The summed E-state index contributed by atoms with van der Waals surface area (Å²) in [5.74, 6) is 1.60. The van der Waals surface area contributed by atoms with Crippen molar-refractivity contribution >= 4 is 0 Å². The van der Waals surface area contributed by atoms with Crippen LogP contribution in [0.25, 0.3) is 0 Å². The van der Waals surface area contributed by atoms with Gasteiger partial charge in [0, 0.05) is 0 Å². The highest BCUT2D eigenvalue weighted by Crippen LogP contribution is 2.34. The smallest absolute Gasteiger partial charge is 0.0610 e. The lowest BCUT2D eigenvalue weighted by atomic mass is 10.1. The average molecular weight is 170 g/mol. The SMILES string of the molecule is CC1CC(C)C(OC(C)(C)C)C1. The van der Waals surface area contributed by atoms with Crippen LogP contribution in [0.1, 0.15) is 47.5 Å². The van der Waals surface area contributed by atoms with E-state index in [1.807, 2.05) is 0 Å². The molecule has 0 spiro atoms. The minimum absolute atomic E-state index is 0.0307. The fourth-order valence-corrected chi connectivity index (χ4v) is 2.13. The molecule has 0 aromatic heterocycles. The maximum absolute atomic E-state index is 5.98. The first-order chi connectivity index (χ1) is 5.38. The number of ether oxygens (including phenoxy) is 1. The average Bonchev–Trinajstić information content (AvgIpc) is 2.06. The van der Waals surface area contributed by atoms with Gasteiger partial charge in [0.15, 0.2) is 0 Å². The van der Waals surface area contributed by atoms with Crippen LogP contribution in [0.5, 0.6) is 0 Å². The summed E-state index contributed by atoms with van der Waals surface area (Å²) < 4.78 is 5.98. The predicted molar refractivity (Wildman–Crippen MR) is 52.2 cm³/mol. The van der Waals surface area contributed by atoms with E-state index in [1.54, 1.807) is 0 Å².